The third-order valence-electron chi connectivity index (χ3n) is 2.92. The van der Waals surface area contributed by atoms with E-state index in [0.717, 1.165) is 19.6 Å². The highest BCUT2D eigenvalue weighted by Crippen LogP contribution is 2.04. The van der Waals surface area contributed by atoms with Gasteiger partial charge in [-0.15, -0.1) is 9.24 Å². The molecule has 1 unspecified atom stereocenters. The highest BCUT2D eigenvalue weighted by atomic mass is 31.0. The Labute approximate surface area is 95.3 Å². The standard InChI is InChI=1S/C10H24N3OP/c11-14-9-8-13-6-4-12(5-7-13)3-1-2-10-15/h1-11,15H2. The van der Waals surface area contributed by atoms with Crippen molar-refractivity contribution in [2.75, 3.05) is 52.0 Å². The lowest BCUT2D eigenvalue weighted by molar-refractivity contribution is 0.0758. The Morgan fingerprint density at radius 3 is 2.13 bits per heavy atom. The summed E-state index contributed by atoms with van der Waals surface area (Å²) in [7, 11) is 2.79. The molecule has 15 heavy (non-hydrogen) atoms. The van der Waals surface area contributed by atoms with Crippen LogP contribution in [0.5, 0.6) is 0 Å². The second kappa shape index (κ2) is 8.43. The first-order chi connectivity index (χ1) is 7.36. The number of rotatable bonds is 7. The SMILES string of the molecule is NOCCN1CCN(CCCCP)CC1. The molecule has 1 heterocycles. The molecule has 5 heteroatoms. The maximum atomic E-state index is 5.01. The van der Waals surface area contributed by atoms with E-state index in [-0.39, 0.29) is 0 Å². The van der Waals surface area contributed by atoms with Crippen molar-refractivity contribution in [3.8, 4) is 0 Å². The molecule has 0 amide bonds. The van der Waals surface area contributed by atoms with Crippen LogP contribution in [0.3, 0.4) is 0 Å². The van der Waals surface area contributed by atoms with Crippen LogP contribution in [0.15, 0.2) is 0 Å². The lowest BCUT2D eigenvalue weighted by atomic mass is 10.2. The zero-order valence-corrected chi connectivity index (χ0v) is 10.7. The smallest absolute Gasteiger partial charge is 0.0806 e. The lowest BCUT2D eigenvalue weighted by Gasteiger charge is -2.34. The van der Waals surface area contributed by atoms with Crippen LogP contribution >= 0.6 is 9.24 Å². The number of nitrogens with zero attached hydrogens (tertiary/aromatic N) is 2. The molecule has 1 rings (SSSR count). The molecular weight excluding hydrogens is 209 g/mol. The van der Waals surface area contributed by atoms with E-state index < -0.39 is 0 Å². The fourth-order valence-corrected chi connectivity index (χ4v) is 2.19. The van der Waals surface area contributed by atoms with E-state index in [4.69, 9.17) is 5.90 Å². The highest BCUT2D eigenvalue weighted by Gasteiger charge is 2.15. The van der Waals surface area contributed by atoms with Gasteiger partial charge >= 0.3 is 0 Å². The van der Waals surface area contributed by atoms with Crippen LogP contribution in [0.1, 0.15) is 12.8 Å². The fraction of sp³-hybridized carbons (Fsp3) is 1.00. The Morgan fingerprint density at radius 2 is 1.60 bits per heavy atom. The minimum Gasteiger partial charge on any atom is -0.303 e. The predicted molar refractivity (Wildman–Crippen MR) is 66.8 cm³/mol. The van der Waals surface area contributed by atoms with Crippen LogP contribution in [-0.4, -0.2) is 61.8 Å². The van der Waals surface area contributed by atoms with E-state index in [1.165, 1.54) is 38.6 Å². The molecule has 1 saturated heterocycles. The number of nitrogens with two attached hydrogens (primary N) is 1. The molecule has 1 aliphatic heterocycles. The van der Waals surface area contributed by atoms with Gasteiger partial charge in [-0.1, -0.05) is 0 Å². The summed E-state index contributed by atoms with van der Waals surface area (Å²) in [6.45, 7) is 7.58. The highest BCUT2D eigenvalue weighted by molar-refractivity contribution is 7.16. The Morgan fingerprint density at radius 1 is 1.00 bits per heavy atom. The van der Waals surface area contributed by atoms with Gasteiger partial charge in [0.2, 0.25) is 0 Å². The number of hydrogen-bond donors (Lipinski definition) is 1. The molecule has 0 aromatic rings. The van der Waals surface area contributed by atoms with Crippen molar-refractivity contribution in [3.05, 3.63) is 0 Å². The van der Waals surface area contributed by atoms with Crippen LogP contribution in [-0.2, 0) is 4.84 Å². The van der Waals surface area contributed by atoms with E-state index in [2.05, 4.69) is 23.9 Å². The van der Waals surface area contributed by atoms with Crippen LogP contribution in [0.4, 0.5) is 0 Å². The lowest BCUT2D eigenvalue weighted by Crippen LogP contribution is -2.47. The van der Waals surface area contributed by atoms with Crippen LogP contribution < -0.4 is 5.90 Å². The average Bonchev–Trinajstić information content (AvgIpc) is 2.28. The topological polar surface area (TPSA) is 41.7 Å². The first kappa shape index (κ1) is 13.3. The molecule has 0 bridgehead atoms. The second-order valence-electron chi connectivity index (χ2n) is 4.05. The first-order valence-electron chi connectivity index (χ1n) is 5.83. The van der Waals surface area contributed by atoms with Gasteiger partial charge in [0.25, 0.3) is 0 Å². The number of hydrogen-bond acceptors (Lipinski definition) is 4. The molecule has 90 valence electrons. The molecule has 2 N–H and O–H groups in total. The largest absolute Gasteiger partial charge is 0.303 e. The maximum absolute atomic E-state index is 5.01. The van der Waals surface area contributed by atoms with Crippen LogP contribution in [0.25, 0.3) is 0 Å². The number of unbranched alkanes of at least 4 members (excludes halogenated alkanes) is 1. The molecule has 0 aromatic heterocycles. The van der Waals surface area contributed by atoms with Crippen molar-refractivity contribution in [2.24, 2.45) is 5.90 Å². The minimum atomic E-state index is 0.646. The molecule has 0 aromatic carbocycles. The van der Waals surface area contributed by atoms with Crippen molar-refractivity contribution in [1.82, 2.24) is 9.80 Å². The molecule has 4 nitrogen and oxygen atoms in total. The normalized spacial score (nSPS) is 19.6. The summed E-state index contributed by atoms with van der Waals surface area (Å²) in [4.78, 5) is 9.56. The molecule has 0 aliphatic carbocycles. The predicted octanol–water partition coefficient (Wildman–Crippen LogP) is 0.150. The van der Waals surface area contributed by atoms with Crippen LogP contribution in [0, 0.1) is 0 Å². The van der Waals surface area contributed by atoms with Crippen molar-refractivity contribution >= 4 is 9.24 Å². The van der Waals surface area contributed by atoms with Crippen molar-refractivity contribution in [1.29, 1.82) is 0 Å². The molecular formula is C10H24N3OP. The summed E-state index contributed by atoms with van der Waals surface area (Å²) in [6.07, 6.45) is 3.88. The summed E-state index contributed by atoms with van der Waals surface area (Å²) in [6, 6.07) is 0. The average molecular weight is 233 g/mol. The molecule has 1 aliphatic rings. The molecule has 1 atom stereocenters. The van der Waals surface area contributed by atoms with E-state index in [1.54, 1.807) is 0 Å². The van der Waals surface area contributed by atoms with Crippen molar-refractivity contribution < 1.29 is 4.84 Å². The van der Waals surface area contributed by atoms with Gasteiger partial charge in [0.15, 0.2) is 0 Å². The van der Waals surface area contributed by atoms with Gasteiger partial charge < -0.3 is 9.74 Å². The molecule has 1 fully saturated rings. The molecule has 0 saturated carbocycles. The van der Waals surface area contributed by atoms with Crippen LogP contribution in [0.2, 0.25) is 0 Å². The monoisotopic (exact) mass is 233 g/mol. The van der Waals surface area contributed by atoms with Crippen molar-refractivity contribution in [2.45, 2.75) is 12.8 Å². The Kier molecular flexibility index (Phi) is 7.49. The van der Waals surface area contributed by atoms with E-state index in [1.807, 2.05) is 0 Å². The van der Waals surface area contributed by atoms with Gasteiger partial charge in [-0.2, -0.15) is 0 Å². The van der Waals surface area contributed by atoms with Gasteiger partial charge in [-0.05, 0) is 25.5 Å². The minimum absolute atomic E-state index is 0.646. The van der Waals surface area contributed by atoms with E-state index in [9.17, 15) is 0 Å². The third kappa shape index (κ3) is 5.79. The quantitative estimate of drug-likeness (QED) is 0.386. The third-order valence-corrected chi connectivity index (χ3v) is 3.33. The summed E-state index contributed by atoms with van der Waals surface area (Å²) >= 11 is 0. The maximum Gasteiger partial charge on any atom is 0.0806 e. The zero-order chi connectivity index (χ0) is 10.9. The zero-order valence-electron chi connectivity index (χ0n) is 9.53. The molecule has 0 spiro atoms. The summed E-state index contributed by atoms with van der Waals surface area (Å²) in [5.41, 5.74) is 0. The molecule has 0 radical (unpaired) electrons. The Hall–Kier alpha value is 0.270. The van der Waals surface area contributed by atoms with Gasteiger partial charge in [0.05, 0.1) is 6.61 Å². The van der Waals surface area contributed by atoms with Gasteiger partial charge in [0.1, 0.15) is 0 Å². The number of piperazine rings is 1. The van der Waals surface area contributed by atoms with Gasteiger partial charge in [0, 0.05) is 32.7 Å². The summed E-state index contributed by atoms with van der Waals surface area (Å²) in [5, 5.41) is 0. The Bertz CT molecular complexity index is 152. The van der Waals surface area contributed by atoms with Crippen molar-refractivity contribution in [3.63, 3.8) is 0 Å². The second-order valence-corrected chi connectivity index (χ2v) is 4.63. The van der Waals surface area contributed by atoms with Gasteiger partial charge in [-0.3, -0.25) is 4.90 Å². The summed E-state index contributed by atoms with van der Waals surface area (Å²) in [5.74, 6) is 5.01. The van der Waals surface area contributed by atoms with E-state index in [0.29, 0.717) is 6.61 Å². The van der Waals surface area contributed by atoms with Gasteiger partial charge in [-0.25, -0.2) is 5.90 Å². The van der Waals surface area contributed by atoms with E-state index >= 15 is 0 Å². The first-order valence-corrected chi connectivity index (χ1v) is 6.65. The fourth-order valence-electron chi connectivity index (χ4n) is 1.90. The Balaban J connectivity index is 2.02. The summed E-state index contributed by atoms with van der Waals surface area (Å²) < 4.78 is 0.